The summed E-state index contributed by atoms with van der Waals surface area (Å²) in [5.41, 5.74) is 1.16. The van der Waals surface area contributed by atoms with Crippen LogP contribution in [0.5, 0.6) is 0 Å². The third-order valence-corrected chi connectivity index (χ3v) is 5.64. The Morgan fingerprint density at radius 3 is 2.57 bits per heavy atom. The van der Waals surface area contributed by atoms with E-state index in [0.717, 1.165) is 70.7 Å². The predicted octanol–water partition coefficient (Wildman–Crippen LogP) is 2.22. The SMILES string of the molecule is COCCN1CCC(CN(Cc2ccncc2)C(=O)C2CCNC2)CC1.Cl.Cl. The topological polar surface area (TPSA) is 57.7 Å². The Morgan fingerprint density at radius 1 is 1.25 bits per heavy atom. The lowest BCUT2D eigenvalue weighted by Gasteiger charge is -2.35. The molecule has 160 valence electrons. The van der Waals surface area contributed by atoms with E-state index in [-0.39, 0.29) is 30.7 Å². The summed E-state index contributed by atoms with van der Waals surface area (Å²) in [5.74, 6) is 1.04. The van der Waals surface area contributed by atoms with Crippen molar-refractivity contribution in [3.63, 3.8) is 0 Å². The molecule has 1 aromatic rings. The lowest BCUT2D eigenvalue weighted by molar-refractivity contribution is -0.136. The number of carbonyl (C=O) groups excluding carboxylic acids is 1. The highest BCUT2D eigenvalue weighted by molar-refractivity contribution is 5.85. The Balaban J connectivity index is 0.00000196. The number of halogens is 2. The number of hydrogen-bond acceptors (Lipinski definition) is 5. The van der Waals surface area contributed by atoms with E-state index in [0.29, 0.717) is 18.4 Å². The fraction of sp³-hybridized carbons (Fsp3) is 0.700. The van der Waals surface area contributed by atoms with Crippen molar-refractivity contribution in [3.05, 3.63) is 30.1 Å². The van der Waals surface area contributed by atoms with Crippen molar-refractivity contribution >= 4 is 30.7 Å². The maximum atomic E-state index is 13.1. The summed E-state index contributed by atoms with van der Waals surface area (Å²) in [6, 6.07) is 4.03. The molecule has 0 bridgehead atoms. The monoisotopic (exact) mass is 432 g/mol. The Kier molecular flexibility index (Phi) is 12.0. The number of rotatable bonds is 8. The quantitative estimate of drug-likeness (QED) is 0.682. The second kappa shape index (κ2) is 13.3. The number of nitrogens with zero attached hydrogens (tertiary/aromatic N) is 3. The normalized spacial score (nSPS) is 20.2. The van der Waals surface area contributed by atoms with Gasteiger partial charge in [0.05, 0.1) is 12.5 Å². The molecule has 2 aliphatic rings. The Hall–Kier alpha value is -0.920. The molecule has 8 heteroatoms. The van der Waals surface area contributed by atoms with Crippen LogP contribution in [0.15, 0.2) is 24.5 Å². The summed E-state index contributed by atoms with van der Waals surface area (Å²) in [7, 11) is 1.76. The smallest absolute Gasteiger partial charge is 0.227 e. The molecule has 2 saturated heterocycles. The zero-order valence-electron chi connectivity index (χ0n) is 16.7. The van der Waals surface area contributed by atoms with Gasteiger partial charge in [-0.2, -0.15) is 0 Å². The van der Waals surface area contributed by atoms with Crippen molar-refractivity contribution in [3.8, 4) is 0 Å². The van der Waals surface area contributed by atoms with E-state index < -0.39 is 0 Å². The summed E-state index contributed by atoms with van der Waals surface area (Å²) in [4.78, 5) is 21.7. The first kappa shape index (κ1) is 25.1. The van der Waals surface area contributed by atoms with Crippen LogP contribution < -0.4 is 5.32 Å². The zero-order valence-corrected chi connectivity index (χ0v) is 18.3. The average molecular weight is 433 g/mol. The number of carbonyl (C=O) groups is 1. The van der Waals surface area contributed by atoms with E-state index >= 15 is 0 Å². The molecule has 6 nitrogen and oxygen atoms in total. The zero-order chi connectivity index (χ0) is 18.2. The van der Waals surface area contributed by atoms with Crippen LogP contribution in [0.2, 0.25) is 0 Å². The molecule has 28 heavy (non-hydrogen) atoms. The highest BCUT2D eigenvalue weighted by Crippen LogP contribution is 2.22. The second-order valence-corrected chi connectivity index (χ2v) is 7.54. The summed E-state index contributed by atoms with van der Waals surface area (Å²) >= 11 is 0. The van der Waals surface area contributed by atoms with Crippen LogP contribution in [-0.4, -0.2) is 73.7 Å². The van der Waals surface area contributed by atoms with Gasteiger partial charge >= 0.3 is 0 Å². The molecule has 1 amide bonds. The molecule has 0 spiro atoms. The molecule has 0 saturated carbocycles. The first-order valence-corrected chi connectivity index (χ1v) is 9.86. The number of methoxy groups -OCH3 is 1. The molecule has 2 aliphatic heterocycles. The molecule has 1 N–H and O–H groups in total. The lowest BCUT2D eigenvalue weighted by Crippen LogP contribution is -2.43. The number of pyridine rings is 1. The molecule has 0 aliphatic carbocycles. The van der Waals surface area contributed by atoms with Crippen LogP contribution in [0.3, 0.4) is 0 Å². The number of aromatic nitrogens is 1. The number of nitrogens with one attached hydrogen (secondary N) is 1. The minimum Gasteiger partial charge on any atom is -0.383 e. The molecule has 1 aromatic heterocycles. The Morgan fingerprint density at radius 2 is 1.96 bits per heavy atom. The van der Waals surface area contributed by atoms with E-state index in [2.05, 4.69) is 20.1 Å². The van der Waals surface area contributed by atoms with Gasteiger partial charge in [-0.1, -0.05) is 0 Å². The van der Waals surface area contributed by atoms with Crippen LogP contribution in [0.25, 0.3) is 0 Å². The molecular weight excluding hydrogens is 399 g/mol. The van der Waals surface area contributed by atoms with Gasteiger partial charge in [0.25, 0.3) is 0 Å². The van der Waals surface area contributed by atoms with Crippen molar-refractivity contribution in [1.82, 2.24) is 20.1 Å². The number of likely N-dealkylation sites (tertiary alicyclic amines) is 1. The minimum atomic E-state index is 0. The summed E-state index contributed by atoms with van der Waals surface area (Å²) in [6.07, 6.45) is 6.90. The molecule has 1 atom stereocenters. The van der Waals surface area contributed by atoms with Gasteiger partial charge in [-0.3, -0.25) is 9.78 Å². The highest BCUT2D eigenvalue weighted by Gasteiger charge is 2.29. The molecule has 2 fully saturated rings. The van der Waals surface area contributed by atoms with Crippen LogP contribution in [0.4, 0.5) is 0 Å². The van der Waals surface area contributed by atoms with E-state index in [1.807, 2.05) is 24.5 Å². The molecular formula is C20H34Cl2N4O2. The van der Waals surface area contributed by atoms with Gasteiger partial charge in [0, 0.05) is 45.7 Å². The van der Waals surface area contributed by atoms with Gasteiger partial charge in [-0.25, -0.2) is 0 Å². The van der Waals surface area contributed by atoms with E-state index in [4.69, 9.17) is 4.74 Å². The van der Waals surface area contributed by atoms with Crippen molar-refractivity contribution in [2.75, 3.05) is 53.0 Å². The van der Waals surface area contributed by atoms with E-state index in [9.17, 15) is 4.79 Å². The standard InChI is InChI=1S/C20H32N4O2.2ClH/c1-26-13-12-23-10-5-18(6-11-23)16-24(15-17-2-7-21-8-3-17)20(25)19-4-9-22-14-19;;/h2-3,7-8,18-19,22H,4-6,9-16H2,1H3;2*1H. The molecule has 3 heterocycles. The lowest BCUT2D eigenvalue weighted by atomic mass is 9.95. The summed E-state index contributed by atoms with van der Waals surface area (Å²) in [5, 5.41) is 3.32. The number of amides is 1. The maximum Gasteiger partial charge on any atom is 0.227 e. The number of hydrogen-bond donors (Lipinski definition) is 1. The third kappa shape index (κ3) is 7.48. The number of piperidine rings is 1. The Labute approximate surface area is 181 Å². The van der Waals surface area contributed by atoms with Crippen molar-refractivity contribution in [2.45, 2.75) is 25.8 Å². The first-order valence-electron chi connectivity index (χ1n) is 9.86. The fourth-order valence-electron chi connectivity index (χ4n) is 3.99. The average Bonchev–Trinajstić information content (AvgIpc) is 3.22. The second-order valence-electron chi connectivity index (χ2n) is 7.54. The van der Waals surface area contributed by atoms with Crippen molar-refractivity contribution < 1.29 is 9.53 Å². The number of ether oxygens (including phenoxy) is 1. The van der Waals surface area contributed by atoms with Gasteiger partial charge in [-0.15, -0.1) is 24.8 Å². The van der Waals surface area contributed by atoms with E-state index in [1.165, 1.54) is 0 Å². The molecule has 3 rings (SSSR count). The van der Waals surface area contributed by atoms with Crippen LogP contribution in [0, 0.1) is 11.8 Å². The fourth-order valence-corrected chi connectivity index (χ4v) is 3.99. The van der Waals surface area contributed by atoms with Crippen LogP contribution >= 0.6 is 24.8 Å². The molecule has 0 radical (unpaired) electrons. The molecule has 0 aromatic carbocycles. The van der Waals surface area contributed by atoms with E-state index in [1.54, 1.807) is 7.11 Å². The maximum absolute atomic E-state index is 13.1. The first-order chi connectivity index (χ1) is 12.8. The molecule has 1 unspecified atom stereocenters. The van der Waals surface area contributed by atoms with Gasteiger partial charge in [0.1, 0.15) is 0 Å². The van der Waals surface area contributed by atoms with Gasteiger partial charge in [0.15, 0.2) is 0 Å². The van der Waals surface area contributed by atoms with Crippen molar-refractivity contribution in [1.29, 1.82) is 0 Å². The van der Waals surface area contributed by atoms with Crippen LogP contribution in [0.1, 0.15) is 24.8 Å². The van der Waals surface area contributed by atoms with Crippen molar-refractivity contribution in [2.24, 2.45) is 11.8 Å². The van der Waals surface area contributed by atoms with Crippen LogP contribution in [-0.2, 0) is 16.1 Å². The third-order valence-electron chi connectivity index (χ3n) is 5.64. The predicted molar refractivity (Wildman–Crippen MR) is 116 cm³/mol. The largest absolute Gasteiger partial charge is 0.383 e. The highest BCUT2D eigenvalue weighted by atomic mass is 35.5. The van der Waals surface area contributed by atoms with Gasteiger partial charge in [0.2, 0.25) is 5.91 Å². The van der Waals surface area contributed by atoms with Gasteiger partial charge in [-0.05, 0) is 62.5 Å². The minimum absolute atomic E-state index is 0. The summed E-state index contributed by atoms with van der Waals surface area (Å²) < 4.78 is 5.19. The summed E-state index contributed by atoms with van der Waals surface area (Å²) in [6.45, 7) is 7.37. The van der Waals surface area contributed by atoms with Gasteiger partial charge < -0.3 is 19.9 Å². The Bertz CT molecular complexity index is 550.